The minimum Gasteiger partial charge on any atom is -0.343 e. The summed E-state index contributed by atoms with van der Waals surface area (Å²) >= 11 is 5.85. The van der Waals surface area contributed by atoms with E-state index in [0.717, 1.165) is 11.0 Å². The number of likely N-dealkylation sites (N-methyl/N-ethyl adjacent to an activating group) is 1. The molecule has 0 spiro atoms. The van der Waals surface area contributed by atoms with E-state index in [1.165, 1.54) is 26.1 Å². The topological polar surface area (TPSA) is 60.9 Å². The molecule has 0 aliphatic carbocycles. The van der Waals surface area contributed by atoms with E-state index in [4.69, 9.17) is 11.6 Å². The summed E-state index contributed by atoms with van der Waals surface area (Å²) in [6, 6.07) is 3.83. The van der Waals surface area contributed by atoms with Gasteiger partial charge >= 0.3 is 12.4 Å². The highest BCUT2D eigenvalue weighted by atomic mass is 35.5. The van der Waals surface area contributed by atoms with Gasteiger partial charge in [-0.2, -0.15) is 26.3 Å². The monoisotopic (exact) mass is 635 g/mol. The van der Waals surface area contributed by atoms with Crippen LogP contribution in [0, 0.1) is 11.7 Å². The maximum Gasteiger partial charge on any atom is 0.416 e. The fraction of sp³-hybridized carbons (Fsp3) is 0.483. The Labute approximate surface area is 248 Å². The molecule has 2 aromatic rings. The fourth-order valence-electron chi connectivity index (χ4n) is 5.81. The molecule has 0 saturated carbocycles. The van der Waals surface area contributed by atoms with E-state index in [9.17, 15) is 45.1 Å². The van der Waals surface area contributed by atoms with Crippen LogP contribution < -0.4 is 0 Å². The van der Waals surface area contributed by atoms with E-state index in [1.807, 2.05) is 0 Å². The molecule has 234 valence electrons. The second-order valence-corrected chi connectivity index (χ2v) is 11.3. The number of rotatable bonds is 4. The van der Waals surface area contributed by atoms with Crippen molar-refractivity contribution in [2.45, 2.75) is 50.5 Å². The van der Waals surface area contributed by atoms with Crippen molar-refractivity contribution in [3.8, 4) is 0 Å². The van der Waals surface area contributed by atoms with Gasteiger partial charge in [-0.05, 0) is 55.2 Å². The number of likely N-dealkylation sites (tertiary alicyclic amines) is 2. The maximum absolute atomic E-state index is 14.5. The molecule has 0 bridgehead atoms. The highest BCUT2D eigenvalue weighted by Crippen LogP contribution is 2.38. The predicted molar refractivity (Wildman–Crippen MR) is 143 cm³/mol. The molecule has 4 rings (SSSR count). The van der Waals surface area contributed by atoms with Crippen molar-refractivity contribution < 1.29 is 45.1 Å². The Morgan fingerprint density at radius 1 is 0.860 bits per heavy atom. The van der Waals surface area contributed by atoms with Crippen LogP contribution in [0.25, 0.3) is 0 Å². The van der Waals surface area contributed by atoms with Gasteiger partial charge in [-0.3, -0.25) is 14.4 Å². The van der Waals surface area contributed by atoms with Crippen LogP contribution in [0.3, 0.4) is 0 Å². The zero-order chi connectivity index (χ0) is 31.9. The molecule has 2 aromatic carbocycles. The minimum atomic E-state index is -5.13. The molecule has 2 aliphatic heterocycles. The molecule has 0 radical (unpaired) electrons. The average molecular weight is 636 g/mol. The lowest BCUT2D eigenvalue weighted by molar-refractivity contribution is -0.143. The third-order valence-electron chi connectivity index (χ3n) is 8.20. The summed E-state index contributed by atoms with van der Waals surface area (Å²) in [6.45, 7) is 2.46. The number of hydrogen-bond acceptors (Lipinski definition) is 3. The smallest absolute Gasteiger partial charge is 0.343 e. The van der Waals surface area contributed by atoms with E-state index < -0.39 is 52.7 Å². The van der Waals surface area contributed by atoms with Crippen LogP contribution in [-0.2, 0) is 21.9 Å². The molecule has 2 saturated heterocycles. The van der Waals surface area contributed by atoms with Gasteiger partial charge in [0.05, 0.1) is 16.1 Å². The highest BCUT2D eigenvalue weighted by Gasteiger charge is 2.41. The molecule has 2 atom stereocenters. The van der Waals surface area contributed by atoms with Gasteiger partial charge in [0.25, 0.3) is 5.91 Å². The Kier molecular flexibility index (Phi) is 9.34. The molecule has 2 heterocycles. The molecule has 14 heteroatoms. The number of carbonyl (C=O) groups is 3. The molecule has 0 unspecified atom stereocenters. The number of alkyl halides is 6. The molecule has 3 amide bonds. The van der Waals surface area contributed by atoms with E-state index in [0.29, 0.717) is 43.6 Å². The first kappa shape index (κ1) is 32.6. The van der Waals surface area contributed by atoms with Gasteiger partial charge in [0.2, 0.25) is 11.8 Å². The van der Waals surface area contributed by atoms with Gasteiger partial charge in [0.1, 0.15) is 5.82 Å². The van der Waals surface area contributed by atoms with E-state index in [2.05, 4.69) is 0 Å². The lowest BCUT2D eigenvalue weighted by Gasteiger charge is -2.44. The van der Waals surface area contributed by atoms with Crippen LogP contribution in [0.15, 0.2) is 36.4 Å². The van der Waals surface area contributed by atoms with Gasteiger partial charge in [-0.1, -0.05) is 17.7 Å². The molecule has 0 N–H and O–H groups in total. The summed E-state index contributed by atoms with van der Waals surface area (Å²) in [5.41, 5.74) is -3.69. The number of nitrogens with zero attached hydrogens (tertiary/aromatic N) is 3. The first-order valence-electron chi connectivity index (χ1n) is 13.5. The van der Waals surface area contributed by atoms with Crippen LogP contribution in [0.2, 0.25) is 5.02 Å². The number of hydrogen-bond donors (Lipinski definition) is 0. The standard InChI is InChI=1S/C29H29ClF7N3O3/c1-16(41)39-8-5-17(6-9-39)27(43)40-10-7-25(22(15-40)18-3-4-23(30)24(31)13-18)38(2)26(42)19-11-20(28(32,33)34)14-21(12-19)29(35,36)37/h3-4,11-14,17,22,25H,5-10,15H2,1-2H3/t22-,25+/m0/s1. The quantitative estimate of drug-likeness (QED) is 0.374. The third-order valence-corrected chi connectivity index (χ3v) is 8.51. The van der Waals surface area contributed by atoms with Crippen molar-refractivity contribution in [3.63, 3.8) is 0 Å². The van der Waals surface area contributed by atoms with Crippen LogP contribution in [0.5, 0.6) is 0 Å². The van der Waals surface area contributed by atoms with Crippen molar-refractivity contribution in [2.24, 2.45) is 5.92 Å². The molecule has 2 fully saturated rings. The van der Waals surface area contributed by atoms with E-state index in [-0.39, 0.29) is 48.3 Å². The maximum atomic E-state index is 14.5. The van der Waals surface area contributed by atoms with E-state index >= 15 is 0 Å². The van der Waals surface area contributed by atoms with Gasteiger partial charge < -0.3 is 14.7 Å². The second kappa shape index (κ2) is 12.3. The Morgan fingerprint density at radius 3 is 1.93 bits per heavy atom. The van der Waals surface area contributed by atoms with Crippen LogP contribution in [-0.4, -0.2) is 71.7 Å². The normalized spacial score (nSPS) is 20.2. The second-order valence-electron chi connectivity index (χ2n) is 10.9. The minimum absolute atomic E-state index is 0.0194. The summed E-state index contributed by atoms with van der Waals surface area (Å²) < 4.78 is 95.2. The van der Waals surface area contributed by atoms with Gasteiger partial charge in [-0.25, -0.2) is 4.39 Å². The van der Waals surface area contributed by atoms with Crippen molar-refractivity contribution in [1.82, 2.24) is 14.7 Å². The number of halogens is 8. The number of carbonyl (C=O) groups excluding carboxylic acids is 3. The van der Waals surface area contributed by atoms with Crippen molar-refractivity contribution in [2.75, 3.05) is 33.2 Å². The zero-order valence-electron chi connectivity index (χ0n) is 23.2. The Bertz CT molecular complexity index is 1360. The van der Waals surface area contributed by atoms with Crippen LogP contribution in [0.4, 0.5) is 30.7 Å². The summed E-state index contributed by atoms with van der Waals surface area (Å²) in [5, 5.41) is -0.172. The largest absolute Gasteiger partial charge is 0.416 e. The number of piperidine rings is 2. The summed E-state index contributed by atoms with van der Waals surface area (Å²) in [7, 11) is 1.26. The lowest BCUT2D eigenvalue weighted by Crippen LogP contribution is -2.53. The summed E-state index contributed by atoms with van der Waals surface area (Å²) in [6.07, 6.45) is -9.24. The van der Waals surface area contributed by atoms with Crippen molar-refractivity contribution in [1.29, 1.82) is 0 Å². The zero-order valence-corrected chi connectivity index (χ0v) is 24.0. The fourth-order valence-corrected chi connectivity index (χ4v) is 5.92. The molecular formula is C29H29ClF7N3O3. The Hall–Kier alpha value is -3.35. The number of benzene rings is 2. The Balaban J connectivity index is 1.63. The average Bonchev–Trinajstić information content (AvgIpc) is 2.96. The molecule has 2 aliphatic rings. The summed E-state index contributed by atoms with van der Waals surface area (Å²) in [5.74, 6) is -3.21. The SMILES string of the molecule is CC(=O)N1CCC(C(=O)N2CC[C@@H](N(C)C(=O)c3cc(C(F)(F)F)cc(C(F)(F)F)c3)[C@H](c3ccc(Cl)c(F)c3)C2)CC1. The van der Waals surface area contributed by atoms with Gasteiger partial charge in [0.15, 0.2) is 0 Å². The van der Waals surface area contributed by atoms with Crippen LogP contribution in [0.1, 0.15) is 59.2 Å². The number of amides is 3. The van der Waals surface area contributed by atoms with Crippen molar-refractivity contribution >= 4 is 29.3 Å². The Morgan fingerprint density at radius 2 is 1.42 bits per heavy atom. The summed E-state index contributed by atoms with van der Waals surface area (Å²) in [4.78, 5) is 42.8. The first-order valence-corrected chi connectivity index (χ1v) is 13.9. The van der Waals surface area contributed by atoms with E-state index in [1.54, 1.807) is 9.80 Å². The van der Waals surface area contributed by atoms with Gasteiger partial charge in [-0.15, -0.1) is 0 Å². The highest BCUT2D eigenvalue weighted by molar-refractivity contribution is 6.30. The first-order chi connectivity index (χ1) is 20.0. The predicted octanol–water partition coefficient (Wildman–Crippen LogP) is 6.23. The molecular weight excluding hydrogens is 607 g/mol. The van der Waals surface area contributed by atoms with Gasteiger partial charge in [0, 0.05) is 63.6 Å². The van der Waals surface area contributed by atoms with Crippen LogP contribution >= 0.6 is 11.6 Å². The third kappa shape index (κ3) is 7.25. The molecule has 0 aromatic heterocycles. The molecule has 43 heavy (non-hydrogen) atoms. The molecule has 6 nitrogen and oxygen atoms in total. The van der Waals surface area contributed by atoms with Crippen molar-refractivity contribution in [3.05, 3.63) is 69.5 Å². The lowest BCUT2D eigenvalue weighted by atomic mass is 9.83.